The van der Waals surface area contributed by atoms with Gasteiger partial charge in [0.05, 0.1) is 11.4 Å². The van der Waals surface area contributed by atoms with Crippen LogP contribution in [0.15, 0.2) is 22.6 Å². The first-order valence-electron chi connectivity index (χ1n) is 9.71. The fraction of sp³-hybridized carbons (Fsp3) is 0.667. The van der Waals surface area contributed by atoms with Gasteiger partial charge in [-0.1, -0.05) is 53.7 Å². The van der Waals surface area contributed by atoms with Gasteiger partial charge >= 0.3 is 0 Å². The lowest BCUT2D eigenvalue weighted by atomic mass is 10.1. The molecule has 6 heteroatoms. The normalized spacial score (nSPS) is 14.7. The molecule has 1 aromatic carbocycles. The van der Waals surface area contributed by atoms with Crippen LogP contribution in [0.3, 0.4) is 0 Å². The zero-order chi connectivity index (χ0) is 21.0. The van der Waals surface area contributed by atoms with E-state index in [2.05, 4.69) is 45.9 Å². The summed E-state index contributed by atoms with van der Waals surface area (Å²) in [6.07, 6.45) is 1.52. The van der Waals surface area contributed by atoms with Crippen LogP contribution in [0.5, 0.6) is 0 Å². The third-order valence-electron chi connectivity index (χ3n) is 5.14. The predicted octanol–water partition coefficient (Wildman–Crippen LogP) is 6.40. The average Bonchev–Trinajstić information content (AvgIpc) is 2.52. The third-order valence-corrected chi connectivity index (χ3v) is 12.5. The van der Waals surface area contributed by atoms with E-state index in [1.54, 1.807) is 12.1 Å². The van der Waals surface area contributed by atoms with Crippen LogP contribution in [0, 0.1) is 5.82 Å². The molecule has 154 valence electrons. The van der Waals surface area contributed by atoms with Crippen LogP contribution in [0.25, 0.3) is 0 Å². The van der Waals surface area contributed by atoms with Crippen molar-refractivity contribution in [1.82, 2.24) is 0 Å². The summed E-state index contributed by atoms with van der Waals surface area (Å²) in [5, 5.41) is 0. The van der Waals surface area contributed by atoms with E-state index in [1.807, 2.05) is 20.8 Å². The molecule has 1 atom stereocenters. The third kappa shape index (κ3) is 5.81. The monoisotopic (exact) mass is 413 g/mol. The molecule has 0 bridgehead atoms. The zero-order valence-electron chi connectivity index (χ0n) is 18.3. The number of hydrogen-bond acceptors (Lipinski definition) is 2. The maximum atomic E-state index is 14.6. The summed E-state index contributed by atoms with van der Waals surface area (Å²) in [4.78, 5) is 0. The lowest BCUT2D eigenvalue weighted by Gasteiger charge is -2.42. The van der Waals surface area contributed by atoms with Crippen molar-refractivity contribution in [1.29, 1.82) is 0 Å². The molecule has 0 saturated carbocycles. The molecule has 0 heterocycles. The minimum atomic E-state index is -2.10. The predicted molar refractivity (Wildman–Crippen MR) is 118 cm³/mol. The Morgan fingerprint density at radius 3 is 2.07 bits per heavy atom. The lowest BCUT2D eigenvalue weighted by molar-refractivity contribution is 0.261. The van der Waals surface area contributed by atoms with E-state index in [1.165, 1.54) is 12.3 Å². The first kappa shape index (κ1) is 24.2. The van der Waals surface area contributed by atoms with Gasteiger partial charge in [-0.05, 0) is 43.5 Å². The molecule has 0 aliphatic carbocycles. The van der Waals surface area contributed by atoms with Crippen molar-refractivity contribution >= 4 is 25.5 Å². The highest BCUT2D eigenvalue weighted by atomic mass is 32.2. The van der Waals surface area contributed by atoms with Gasteiger partial charge in [-0.25, -0.2) is 8.60 Å². The van der Waals surface area contributed by atoms with Crippen LogP contribution in [0.4, 0.5) is 4.39 Å². The van der Waals surface area contributed by atoms with E-state index in [0.717, 1.165) is 0 Å². The summed E-state index contributed by atoms with van der Waals surface area (Å²) in [7, 11) is -3.48. The van der Waals surface area contributed by atoms with E-state index < -0.39 is 24.1 Å². The molecule has 0 fully saturated rings. The van der Waals surface area contributed by atoms with Crippen molar-refractivity contribution in [3.8, 4) is 0 Å². The van der Waals surface area contributed by atoms with E-state index in [4.69, 9.17) is 4.43 Å². The Hall–Kier alpha value is -0.853. The van der Waals surface area contributed by atoms with Gasteiger partial charge in [-0.2, -0.15) is 4.40 Å². The molecule has 0 aromatic heterocycles. The Labute approximate surface area is 168 Å². The molecule has 27 heavy (non-hydrogen) atoms. The zero-order valence-corrected chi connectivity index (χ0v) is 20.1. The van der Waals surface area contributed by atoms with E-state index in [-0.39, 0.29) is 12.4 Å². The summed E-state index contributed by atoms with van der Waals surface area (Å²) in [6.45, 7) is 19.1. The summed E-state index contributed by atoms with van der Waals surface area (Å²) in [6, 6.07) is 4.90. The highest BCUT2D eigenvalue weighted by Gasteiger charge is 2.45. The summed E-state index contributed by atoms with van der Waals surface area (Å²) >= 11 is 0. The Morgan fingerprint density at radius 1 is 1.11 bits per heavy atom. The van der Waals surface area contributed by atoms with Crippen LogP contribution in [0.1, 0.15) is 73.4 Å². The second-order valence-electron chi connectivity index (χ2n) is 9.01. The molecule has 3 nitrogen and oxygen atoms in total. The van der Waals surface area contributed by atoms with Crippen LogP contribution >= 0.6 is 0 Å². The highest BCUT2D eigenvalue weighted by Crippen LogP contribution is 2.42. The first-order chi connectivity index (χ1) is 12.3. The Kier molecular flexibility index (Phi) is 8.57. The quantitative estimate of drug-likeness (QED) is 0.365. The molecule has 1 unspecified atom stereocenters. The van der Waals surface area contributed by atoms with Crippen molar-refractivity contribution in [2.75, 3.05) is 0 Å². The molecule has 0 radical (unpaired) electrons. The molecule has 0 N–H and O–H groups in total. The molecule has 1 aromatic rings. The standard InChI is InChI=1S/C21H36FNO2SSi/c1-15(2)27(16(3)4,17(5)6)25-14-19-18(11-10-12-20(19)22)13-23-26(24)21(7,8)9/h10-13,15-17H,14H2,1-9H3. The minimum Gasteiger partial charge on any atom is -0.412 e. The van der Waals surface area contributed by atoms with E-state index in [0.29, 0.717) is 27.8 Å². The van der Waals surface area contributed by atoms with Crippen molar-refractivity contribution in [2.24, 2.45) is 4.40 Å². The molecular formula is C21H36FNO2SSi. The van der Waals surface area contributed by atoms with Gasteiger partial charge in [0.2, 0.25) is 8.32 Å². The topological polar surface area (TPSA) is 38.7 Å². The van der Waals surface area contributed by atoms with Gasteiger partial charge in [0, 0.05) is 17.3 Å². The Morgan fingerprint density at radius 2 is 1.63 bits per heavy atom. The van der Waals surface area contributed by atoms with Crippen LogP contribution < -0.4 is 0 Å². The van der Waals surface area contributed by atoms with Crippen LogP contribution in [-0.4, -0.2) is 23.5 Å². The van der Waals surface area contributed by atoms with Gasteiger partial charge < -0.3 is 4.43 Å². The maximum Gasteiger partial charge on any atom is 0.200 e. The van der Waals surface area contributed by atoms with Gasteiger partial charge in [0.1, 0.15) is 16.8 Å². The van der Waals surface area contributed by atoms with Crippen molar-refractivity contribution in [2.45, 2.75) is 90.3 Å². The first-order valence-corrected chi connectivity index (χ1v) is 13.0. The largest absolute Gasteiger partial charge is 0.412 e. The number of nitrogens with zero attached hydrogens (tertiary/aromatic N) is 1. The van der Waals surface area contributed by atoms with Crippen molar-refractivity contribution in [3.63, 3.8) is 0 Å². The van der Waals surface area contributed by atoms with Gasteiger partial charge in [0.15, 0.2) is 0 Å². The van der Waals surface area contributed by atoms with Gasteiger partial charge in [-0.3, -0.25) is 0 Å². The minimum absolute atomic E-state index is 0.219. The van der Waals surface area contributed by atoms with Gasteiger partial charge in [0.25, 0.3) is 0 Å². The SMILES string of the molecule is CC(C)[Si](OCc1c(F)cccc1C=NS(=O)C(C)(C)C)(C(C)C)C(C)C. The maximum absolute atomic E-state index is 14.6. The summed E-state index contributed by atoms with van der Waals surface area (Å²) in [5.41, 5.74) is 2.40. The molecule has 0 saturated heterocycles. The van der Waals surface area contributed by atoms with Crippen molar-refractivity contribution < 1.29 is 13.0 Å². The molecule has 0 spiro atoms. The van der Waals surface area contributed by atoms with Crippen LogP contribution in [0.2, 0.25) is 16.6 Å². The van der Waals surface area contributed by atoms with E-state index in [9.17, 15) is 8.60 Å². The van der Waals surface area contributed by atoms with Crippen molar-refractivity contribution in [3.05, 3.63) is 35.1 Å². The highest BCUT2D eigenvalue weighted by molar-refractivity contribution is 7.85. The Balaban J connectivity index is 3.21. The number of hydrogen-bond donors (Lipinski definition) is 0. The molecule has 1 rings (SSSR count). The average molecular weight is 414 g/mol. The molecule has 0 amide bonds. The van der Waals surface area contributed by atoms with Crippen LogP contribution in [-0.2, 0) is 22.0 Å². The number of halogens is 1. The molecule has 0 aliphatic heterocycles. The number of rotatable bonds is 8. The van der Waals surface area contributed by atoms with E-state index >= 15 is 0 Å². The number of benzene rings is 1. The van der Waals surface area contributed by atoms with Gasteiger partial charge in [-0.15, -0.1) is 0 Å². The smallest absolute Gasteiger partial charge is 0.200 e. The second kappa shape index (κ2) is 9.57. The Bertz CT molecular complexity index is 659. The fourth-order valence-corrected chi connectivity index (χ4v) is 9.73. The second-order valence-corrected chi connectivity index (χ2v) is 16.4. The molecular weight excluding hydrogens is 377 g/mol. The lowest BCUT2D eigenvalue weighted by Crippen LogP contribution is -2.47. The molecule has 0 aliphatic rings. The fourth-order valence-electron chi connectivity index (χ4n) is 3.81. The summed E-state index contributed by atoms with van der Waals surface area (Å²) < 4.78 is 37.1. The summed E-state index contributed by atoms with van der Waals surface area (Å²) in [5.74, 6) is -0.306.